The Balaban J connectivity index is 2.42. The van der Waals surface area contributed by atoms with Crippen LogP contribution >= 0.6 is 11.6 Å². The van der Waals surface area contributed by atoms with Crippen LogP contribution in [-0.2, 0) is 4.79 Å². The van der Waals surface area contributed by atoms with Crippen LogP contribution in [0.1, 0.15) is 0 Å². The number of anilines is 1. The van der Waals surface area contributed by atoms with Gasteiger partial charge in [0.15, 0.2) is 0 Å². The third-order valence-corrected chi connectivity index (χ3v) is 1.90. The molecular formula is C8H6ClNO3. The average Bonchev–Trinajstić information content (AvgIpc) is 2.08. The van der Waals surface area contributed by atoms with E-state index in [1.54, 1.807) is 18.2 Å². The summed E-state index contributed by atoms with van der Waals surface area (Å²) in [4.78, 5) is 10.9. The number of aliphatic hydroxyl groups excluding tert-OH is 1. The molecule has 1 heterocycles. The van der Waals surface area contributed by atoms with E-state index in [2.05, 4.69) is 5.32 Å². The third kappa shape index (κ3) is 1.46. The van der Waals surface area contributed by atoms with Crippen LogP contribution in [0.2, 0.25) is 5.02 Å². The van der Waals surface area contributed by atoms with Crippen LogP contribution in [-0.4, -0.2) is 17.3 Å². The van der Waals surface area contributed by atoms with Crippen molar-refractivity contribution in [2.24, 2.45) is 0 Å². The van der Waals surface area contributed by atoms with Crippen LogP contribution in [0.25, 0.3) is 0 Å². The van der Waals surface area contributed by atoms with Gasteiger partial charge in [-0.2, -0.15) is 0 Å². The van der Waals surface area contributed by atoms with Crippen LogP contribution in [0.15, 0.2) is 18.2 Å². The Morgan fingerprint density at radius 1 is 1.54 bits per heavy atom. The highest BCUT2D eigenvalue weighted by molar-refractivity contribution is 6.31. The zero-order chi connectivity index (χ0) is 9.42. The van der Waals surface area contributed by atoms with Gasteiger partial charge in [-0.15, -0.1) is 0 Å². The third-order valence-electron chi connectivity index (χ3n) is 1.66. The molecule has 1 aromatic rings. The summed E-state index contributed by atoms with van der Waals surface area (Å²) in [7, 11) is 0. The molecule has 4 nitrogen and oxygen atoms in total. The molecule has 5 heteroatoms. The van der Waals surface area contributed by atoms with Gasteiger partial charge in [0.05, 0.1) is 5.69 Å². The molecule has 2 rings (SSSR count). The van der Waals surface area contributed by atoms with E-state index in [1.807, 2.05) is 0 Å². The first kappa shape index (κ1) is 8.34. The standard InChI is InChI=1S/C8H6ClNO3/c9-4-1-2-6-5(3-4)10-7(11)8(12)13-6/h1-3,8,12H,(H,10,11). The molecular weight excluding hydrogens is 194 g/mol. The Hall–Kier alpha value is -1.26. The maximum Gasteiger partial charge on any atom is 0.293 e. The molecule has 0 aliphatic carbocycles. The molecule has 1 aromatic carbocycles. The number of benzene rings is 1. The number of halogens is 1. The Kier molecular flexibility index (Phi) is 1.86. The first-order valence-corrected chi connectivity index (χ1v) is 4.00. The van der Waals surface area contributed by atoms with Gasteiger partial charge in [-0.25, -0.2) is 0 Å². The zero-order valence-electron chi connectivity index (χ0n) is 6.45. The van der Waals surface area contributed by atoms with E-state index in [9.17, 15) is 4.79 Å². The molecule has 0 aromatic heterocycles. The molecule has 0 saturated carbocycles. The van der Waals surface area contributed by atoms with Crippen LogP contribution in [0.4, 0.5) is 5.69 Å². The predicted octanol–water partition coefficient (Wildman–Crippen LogP) is 0.989. The number of hydrogen-bond acceptors (Lipinski definition) is 3. The topological polar surface area (TPSA) is 58.6 Å². The second-order valence-corrected chi connectivity index (χ2v) is 3.04. The molecule has 0 saturated heterocycles. The highest BCUT2D eigenvalue weighted by Gasteiger charge is 2.24. The summed E-state index contributed by atoms with van der Waals surface area (Å²) >= 11 is 5.69. The average molecular weight is 200 g/mol. The molecule has 1 aliphatic heterocycles. The molecule has 0 fully saturated rings. The zero-order valence-corrected chi connectivity index (χ0v) is 7.21. The normalized spacial score (nSPS) is 20.2. The van der Waals surface area contributed by atoms with Crippen molar-refractivity contribution in [2.75, 3.05) is 5.32 Å². The van der Waals surface area contributed by atoms with Gasteiger partial charge in [-0.1, -0.05) is 11.6 Å². The van der Waals surface area contributed by atoms with E-state index in [1.165, 1.54) is 0 Å². The Morgan fingerprint density at radius 3 is 3.08 bits per heavy atom. The lowest BCUT2D eigenvalue weighted by molar-refractivity contribution is -0.139. The summed E-state index contributed by atoms with van der Waals surface area (Å²) in [5.41, 5.74) is 0.475. The summed E-state index contributed by atoms with van der Waals surface area (Å²) in [6, 6.07) is 4.76. The molecule has 0 radical (unpaired) electrons. The SMILES string of the molecule is O=C1Nc2cc(Cl)ccc2OC1O. The molecule has 1 atom stereocenters. The van der Waals surface area contributed by atoms with Crippen LogP contribution < -0.4 is 10.1 Å². The lowest BCUT2D eigenvalue weighted by Gasteiger charge is -2.21. The van der Waals surface area contributed by atoms with Crippen molar-refractivity contribution < 1.29 is 14.6 Å². The van der Waals surface area contributed by atoms with Crippen molar-refractivity contribution in [3.05, 3.63) is 23.2 Å². The number of nitrogens with one attached hydrogen (secondary N) is 1. The number of fused-ring (bicyclic) bond motifs is 1. The molecule has 0 bridgehead atoms. The largest absolute Gasteiger partial charge is 0.453 e. The van der Waals surface area contributed by atoms with Crippen LogP contribution in [0.3, 0.4) is 0 Å². The number of aliphatic hydroxyl groups is 1. The summed E-state index contributed by atoms with van der Waals surface area (Å²) in [5.74, 6) is -0.175. The lowest BCUT2D eigenvalue weighted by Crippen LogP contribution is -2.36. The first-order valence-electron chi connectivity index (χ1n) is 3.62. The summed E-state index contributed by atoms with van der Waals surface area (Å²) in [6.45, 7) is 0. The number of rotatable bonds is 0. The van der Waals surface area contributed by atoms with E-state index < -0.39 is 12.2 Å². The maximum absolute atomic E-state index is 10.9. The van der Waals surface area contributed by atoms with Crippen molar-refractivity contribution in [1.82, 2.24) is 0 Å². The predicted molar refractivity (Wildman–Crippen MR) is 46.7 cm³/mol. The highest BCUT2D eigenvalue weighted by atomic mass is 35.5. The van der Waals surface area contributed by atoms with Gasteiger partial charge >= 0.3 is 0 Å². The number of carbonyl (C=O) groups is 1. The number of ether oxygens (including phenoxy) is 1. The van der Waals surface area contributed by atoms with Crippen molar-refractivity contribution in [1.29, 1.82) is 0 Å². The number of amides is 1. The van der Waals surface area contributed by atoms with E-state index >= 15 is 0 Å². The molecule has 1 unspecified atom stereocenters. The Bertz CT molecular complexity index is 366. The second-order valence-electron chi connectivity index (χ2n) is 2.60. The van der Waals surface area contributed by atoms with Crippen molar-refractivity contribution in [3.63, 3.8) is 0 Å². The fourth-order valence-corrected chi connectivity index (χ4v) is 1.24. The van der Waals surface area contributed by atoms with Gasteiger partial charge in [-0.3, -0.25) is 4.79 Å². The monoisotopic (exact) mass is 199 g/mol. The van der Waals surface area contributed by atoms with E-state index in [0.717, 1.165) is 0 Å². The quantitative estimate of drug-likeness (QED) is 0.655. The first-order chi connectivity index (χ1) is 6.16. The van der Waals surface area contributed by atoms with Gasteiger partial charge in [0.2, 0.25) is 0 Å². The minimum atomic E-state index is -1.44. The van der Waals surface area contributed by atoms with Crippen molar-refractivity contribution in [3.8, 4) is 5.75 Å². The van der Waals surface area contributed by atoms with Crippen molar-refractivity contribution in [2.45, 2.75) is 6.29 Å². The summed E-state index contributed by atoms with van der Waals surface area (Å²) in [5, 5.41) is 12.0. The fourth-order valence-electron chi connectivity index (χ4n) is 1.07. The highest BCUT2D eigenvalue weighted by Crippen LogP contribution is 2.31. The molecule has 13 heavy (non-hydrogen) atoms. The maximum atomic E-state index is 10.9. The van der Waals surface area contributed by atoms with E-state index in [-0.39, 0.29) is 0 Å². The lowest BCUT2D eigenvalue weighted by atomic mass is 10.2. The molecule has 2 N–H and O–H groups in total. The van der Waals surface area contributed by atoms with Gasteiger partial charge in [0.1, 0.15) is 5.75 Å². The Labute approximate surface area is 79.1 Å². The van der Waals surface area contributed by atoms with Gasteiger partial charge < -0.3 is 15.2 Å². The van der Waals surface area contributed by atoms with Gasteiger partial charge in [0.25, 0.3) is 12.2 Å². The van der Waals surface area contributed by atoms with Crippen LogP contribution in [0, 0.1) is 0 Å². The summed E-state index contributed by atoms with van der Waals surface area (Å²) in [6.07, 6.45) is -1.44. The molecule has 0 spiro atoms. The van der Waals surface area contributed by atoms with Gasteiger partial charge in [0, 0.05) is 5.02 Å². The van der Waals surface area contributed by atoms with E-state index in [4.69, 9.17) is 21.4 Å². The Morgan fingerprint density at radius 2 is 2.31 bits per heavy atom. The minimum Gasteiger partial charge on any atom is -0.453 e. The smallest absolute Gasteiger partial charge is 0.293 e. The fraction of sp³-hybridized carbons (Fsp3) is 0.125. The molecule has 68 valence electrons. The second kappa shape index (κ2) is 2.90. The summed E-state index contributed by atoms with van der Waals surface area (Å²) < 4.78 is 4.88. The molecule has 1 aliphatic rings. The molecule has 1 amide bonds. The van der Waals surface area contributed by atoms with Crippen LogP contribution in [0.5, 0.6) is 5.75 Å². The number of carbonyl (C=O) groups excluding carboxylic acids is 1. The van der Waals surface area contributed by atoms with Crippen molar-refractivity contribution >= 4 is 23.2 Å². The van der Waals surface area contributed by atoms with E-state index in [0.29, 0.717) is 16.5 Å². The number of hydrogen-bond donors (Lipinski definition) is 2. The minimum absolute atomic E-state index is 0.413. The van der Waals surface area contributed by atoms with Gasteiger partial charge in [-0.05, 0) is 18.2 Å².